The lowest BCUT2D eigenvalue weighted by molar-refractivity contribution is 0.118. The number of rotatable bonds is 2. The molecule has 1 heterocycles. The van der Waals surface area contributed by atoms with E-state index < -0.39 is 0 Å². The topological polar surface area (TPSA) is 21.3 Å². The molecular weight excluding hydrogens is 138 g/mol. The molecule has 1 aliphatic rings. The molecule has 3 heteroatoms. The largest absolute Gasteiger partial charge is 0.380 e. The summed E-state index contributed by atoms with van der Waals surface area (Å²) in [6, 6.07) is 0.469. The maximum Gasteiger partial charge on any atom is 0.0711 e. The van der Waals surface area contributed by atoms with Crippen LogP contribution in [0.1, 0.15) is 6.42 Å². The quantitative estimate of drug-likeness (QED) is 0.581. The Hall–Kier alpha value is 0.210. The molecule has 0 aromatic rings. The van der Waals surface area contributed by atoms with Crippen molar-refractivity contribution < 1.29 is 4.74 Å². The lowest BCUT2D eigenvalue weighted by atomic mass is 10.2. The van der Waals surface area contributed by atoms with E-state index in [1.165, 1.54) is 0 Å². The van der Waals surface area contributed by atoms with Gasteiger partial charge in [0.05, 0.1) is 6.10 Å². The van der Waals surface area contributed by atoms with Gasteiger partial charge in [-0.15, -0.1) is 11.6 Å². The Labute approximate surface area is 60.5 Å². The molecule has 1 fully saturated rings. The second kappa shape index (κ2) is 3.40. The van der Waals surface area contributed by atoms with Gasteiger partial charge < -0.3 is 10.1 Å². The van der Waals surface area contributed by atoms with Crippen LogP contribution in [0.25, 0.3) is 0 Å². The molecule has 54 valence electrons. The number of ether oxygens (including phenoxy) is 1. The first-order chi connectivity index (χ1) is 4.36. The predicted octanol–water partition coefficient (Wildman–Crippen LogP) is 0.602. The SMILES string of the molecule is CO[C@H]1CN[C@H](CCl)C1. The molecule has 0 radical (unpaired) electrons. The van der Waals surface area contributed by atoms with Gasteiger partial charge in [0.15, 0.2) is 0 Å². The number of halogens is 1. The van der Waals surface area contributed by atoms with Crippen LogP contribution in [-0.4, -0.2) is 31.7 Å². The van der Waals surface area contributed by atoms with Gasteiger partial charge in [-0.1, -0.05) is 0 Å². The van der Waals surface area contributed by atoms with Crippen LogP contribution < -0.4 is 5.32 Å². The highest BCUT2D eigenvalue weighted by atomic mass is 35.5. The van der Waals surface area contributed by atoms with Crippen LogP contribution in [0.5, 0.6) is 0 Å². The van der Waals surface area contributed by atoms with Gasteiger partial charge in [0.2, 0.25) is 0 Å². The zero-order valence-corrected chi connectivity index (χ0v) is 6.32. The molecule has 0 spiro atoms. The third kappa shape index (κ3) is 1.81. The van der Waals surface area contributed by atoms with Crippen LogP contribution >= 0.6 is 11.6 Å². The molecule has 2 nitrogen and oxygen atoms in total. The second-order valence-electron chi connectivity index (χ2n) is 2.35. The van der Waals surface area contributed by atoms with E-state index in [4.69, 9.17) is 16.3 Å². The maximum absolute atomic E-state index is 5.61. The molecule has 1 rings (SSSR count). The monoisotopic (exact) mass is 149 g/mol. The number of alkyl halides is 1. The lowest BCUT2D eigenvalue weighted by Gasteiger charge is -2.04. The standard InChI is InChI=1S/C6H12ClNO/c1-9-6-2-5(3-7)8-4-6/h5-6,8H,2-4H2,1H3/t5-,6+/m0/s1. The molecule has 1 aliphatic heterocycles. The van der Waals surface area contributed by atoms with E-state index in [2.05, 4.69) is 5.32 Å². The highest BCUT2D eigenvalue weighted by Crippen LogP contribution is 2.09. The molecular formula is C6H12ClNO. The summed E-state index contributed by atoms with van der Waals surface area (Å²) in [6.07, 6.45) is 1.44. The van der Waals surface area contributed by atoms with Gasteiger partial charge in [-0.2, -0.15) is 0 Å². The molecule has 9 heavy (non-hydrogen) atoms. The van der Waals surface area contributed by atoms with Gasteiger partial charge in [-0.3, -0.25) is 0 Å². The van der Waals surface area contributed by atoms with E-state index in [0.29, 0.717) is 18.0 Å². The van der Waals surface area contributed by atoms with Crippen molar-refractivity contribution in [1.82, 2.24) is 5.32 Å². The summed E-state index contributed by atoms with van der Waals surface area (Å²) in [7, 11) is 1.74. The second-order valence-corrected chi connectivity index (χ2v) is 2.66. The van der Waals surface area contributed by atoms with Crippen molar-refractivity contribution in [2.45, 2.75) is 18.6 Å². The average Bonchev–Trinajstić information content (AvgIpc) is 2.34. The Balaban J connectivity index is 2.20. The van der Waals surface area contributed by atoms with Gasteiger partial charge >= 0.3 is 0 Å². The normalized spacial score (nSPS) is 35.3. The van der Waals surface area contributed by atoms with Gasteiger partial charge in [-0.05, 0) is 6.42 Å². The summed E-state index contributed by atoms with van der Waals surface area (Å²) in [5.41, 5.74) is 0. The van der Waals surface area contributed by atoms with Crippen molar-refractivity contribution >= 4 is 11.6 Å². The summed E-state index contributed by atoms with van der Waals surface area (Å²) < 4.78 is 5.12. The molecule has 0 unspecified atom stereocenters. The summed E-state index contributed by atoms with van der Waals surface area (Å²) in [5, 5.41) is 3.25. The van der Waals surface area contributed by atoms with Crippen molar-refractivity contribution in [3.8, 4) is 0 Å². The smallest absolute Gasteiger partial charge is 0.0711 e. The van der Waals surface area contributed by atoms with Gasteiger partial charge in [0, 0.05) is 25.6 Å². The van der Waals surface area contributed by atoms with E-state index in [9.17, 15) is 0 Å². The summed E-state index contributed by atoms with van der Waals surface area (Å²) in [5.74, 6) is 0.694. The Bertz CT molecular complexity index is 79.1. The van der Waals surface area contributed by atoms with Crippen LogP contribution in [0.3, 0.4) is 0 Å². The van der Waals surface area contributed by atoms with Crippen LogP contribution in [0.2, 0.25) is 0 Å². The van der Waals surface area contributed by atoms with E-state index >= 15 is 0 Å². The summed E-state index contributed by atoms with van der Waals surface area (Å²) in [6.45, 7) is 0.952. The number of methoxy groups -OCH3 is 1. The predicted molar refractivity (Wildman–Crippen MR) is 37.9 cm³/mol. The highest BCUT2D eigenvalue weighted by molar-refractivity contribution is 6.18. The minimum Gasteiger partial charge on any atom is -0.380 e. The minimum atomic E-state index is 0.383. The zero-order chi connectivity index (χ0) is 6.69. The van der Waals surface area contributed by atoms with Crippen LogP contribution in [0, 0.1) is 0 Å². The number of hydrogen-bond donors (Lipinski definition) is 1. The first-order valence-electron chi connectivity index (χ1n) is 3.19. The van der Waals surface area contributed by atoms with Crippen molar-refractivity contribution in [1.29, 1.82) is 0 Å². The Morgan fingerprint density at radius 2 is 2.56 bits per heavy atom. The molecule has 0 aromatic heterocycles. The zero-order valence-electron chi connectivity index (χ0n) is 5.56. The molecule has 1 N–H and O–H groups in total. The molecule has 2 atom stereocenters. The van der Waals surface area contributed by atoms with Crippen LogP contribution in [0.15, 0.2) is 0 Å². The molecule has 0 aromatic carbocycles. The summed E-state index contributed by atoms with van der Waals surface area (Å²) in [4.78, 5) is 0. The third-order valence-electron chi connectivity index (χ3n) is 1.70. The van der Waals surface area contributed by atoms with Gasteiger partial charge in [0.1, 0.15) is 0 Å². The van der Waals surface area contributed by atoms with E-state index in [1.54, 1.807) is 7.11 Å². The van der Waals surface area contributed by atoms with Crippen molar-refractivity contribution in [3.63, 3.8) is 0 Å². The maximum atomic E-state index is 5.61. The molecule has 0 aliphatic carbocycles. The Morgan fingerprint density at radius 3 is 2.89 bits per heavy atom. The molecule has 0 saturated carbocycles. The fraction of sp³-hybridized carbons (Fsp3) is 1.00. The first-order valence-corrected chi connectivity index (χ1v) is 3.72. The van der Waals surface area contributed by atoms with Gasteiger partial charge in [-0.25, -0.2) is 0 Å². The van der Waals surface area contributed by atoms with Crippen LogP contribution in [0.4, 0.5) is 0 Å². The number of nitrogens with one attached hydrogen (secondary N) is 1. The van der Waals surface area contributed by atoms with E-state index in [1.807, 2.05) is 0 Å². The van der Waals surface area contributed by atoms with Crippen molar-refractivity contribution in [3.05, 3.63) is 0 Å². The molecule has 0 amide bonds. The van der Waals surface area contributed by atoms with E-state index in [-0.39, 0.29) is 0 Å². The Morgan fingerprint density at radius 1 is 1.78 bits per heavy atom. The lowest BCUT2D eigenvalue weighted by Crippen LogP contribution is -2.22. The van der Waals surface area contributed by atoms with E-state index in [0.717, 1.165) is 13.0 Å². The highest BCUT2D eigenvalue weighted by Gasteiger charge is 2.22. The van der Waals surface area contributed by atoms with Crippen LogP contribution in [-0.2, 0) is 4.74 Å². The minimum absolute atomic E-state index is 0.383. The fourth-order valence-electron chi connectivity index (χ4n) is 1.08. The van der Waals surface area contributed by atoms with Crippen molar-refractivity contribution in [2.24, 2.45) is 0 Å². The third-order valence-corrected chi connectivity index (χ3v) is 2.07. The Kier molecular flexibility index (Phi) is 2.76. The molecule has 0 bridgehead atoms. The first kappa shape index (κ1) is 7.32. The number of hydrogen-bond acceptors (Lipinski definition) is 2. The summed E-state index contributed by atoms with van der Waals surface area (Å²) >= 11 is 5.61. The molecule has 1 saturated heterocycles. The fourth-order valence-corrected chi connectivity index (χ4v) is 1.31. The van der Waals surface area contributed by atoms with Gasteiger partial charge in [0.25, 0.3) is 0 Å². The average molecular weight is 150 g/mol. The van der Waals surface area contributed by atoms with Crippen molar-refractivity contribution in [2.75, 3.05) is 19.5 Å².